The molecule has 0 bridgehead atoms. The first kappa shape index (κ1) is 18.3. The lowest BCUT2D eigenvalue weighted by Gasteiger charge is -2.10. The van der Waals surface area contributed by atoms with Crippen molar-refractivity contribution in [2.75, 3.05) is 6.26 Å². The van der Waals surface area contributed by atoms with Gasteiger partial charge in [0.25, 0.3) is 0 Å². The summed E-state index contributed by atoms with van der Waals surface area (Å²) in [5, 5.41) is 2.70. The summed E-state index contributed by atoms with van der Waals surface area (Å²) in [5.74, 6) is 0. The number of para-hydroxylation sites is 1. The summed E-state index contributed by atoms with van der Waals surface area (Å²) < 4.78 is 2.34. The summed E-state index contributed by atoms with van der Waals surface area (Å²) >= 11 is 1.84. The van der Waals surface area contributed by atoms with Crippen LogP contribution in [0, 0.1) is 13.8 Å². The number of aromatic nitrogens is 1. The van der Waals surface area contributed by atoms with E-state index < -0.39 is 0 Å². The first-order valence-electron chi connectivity index (χ1n) is 9.09. The smallest absolute Gasteiger partial charge is 0.206 e. The molecule has 0 N–H and O–H groups in total. The third kappa shape index (κ3) is 3.30. The van der Waals surface area contributed by atoms with Crippen LogP contribution in [0.2, 0.25) is 0 Å². The van der Waals surface area contributed by atoms with E-state index in [0.717, 1.165) is 0 Å². The number of rotatable bonds is 4. The molecule has 3 heteroatoms. The van der Waals surface area contributed by atoms with Crippen molar-refractivity contribution >= 4 is 33.6 Å². The maximum Gasteiger partial charge on any atom is 0.206 e. The van der Waals surface area contributed by atoms with Crippen molar-refractivity contribution in [1.82, 2.24) is 4.57 Å². The van der Waals surface area contributed by atoms with Crippen LogP contribution in [0.1, 0.15) is 11.1 Å². The van der Waals surface area contributed by atoms with Crippen LogP contribution in [0.25, 0.3) is 10.9 Å². The molecular formula is C24H24NS2+. The summed E-state index contributed by atoms with van der Waals surface area (Å²) in [6.45, 7) is 4.30. The van der Waals surface area contributed by atoms with E-state index in [9.17, 15) is 0 Å². The molecule has 27 heavy (non-hydrogen) atoms. The van der Waals surface area contributed by atoms with Crippen molar-refractivity contribution in [3.63, 3.8) is 0 Å². The standard InChI is InChI=1S/C24H24NS2/c1-17-9-13-19(14-10-17)27(20-15-11-18(2)12-16-20)23-21-7-5-6-8-22(21)25(3)24(23)26-4/h5-16H,1-4H3/q+1. The number of aryl methyl sites for hydroxylation is 3. The Kier molecular flexibility index (Phi) is 5.07. The number of hydrogen-bond acceptors (Lipinski definition) is 1. The second kappa shape index (κ2) is 7.49. The zero-order chi connectivity index (χ0) is 19.0. The Morgan fingerprint density at radius 1 is 0.741 bits per heavy atom. The SMILES string of the molecule is CSc1c([S+](c2ccc(C)cc2)c2ccc(C)cc2)c2ccccc2n1C. The van der Waals surface area contributed by atoms with Gasteiger partial charge < -0.3 is 4.57 Å². The molecule has 0 saturated heterocycles. The van der Waals surface area contributed by atoms with Crippen molar-refractivity contribution in [3.8, 4) is 0 Å². The van der Waals surface area contributed by atoms with Gasteiger partial charge in [0.1, 0.15) is 15.9 Å². The first-order valence-corrected chi connectivity index (χ1v) is 11.5. The van der Waals surface area contributed by atoms with Crippen LogP contribution in [0.3, 0.4) is 0 Å². The van der Waals surface area contributed by atoms with Gasteiger partial charge in [0, 0.05) is 7.05 Å². The minimum atomic E-state index is -0.138. The van der Waals surface area contributed by atoms with E-state index in [1.807, 2.05) is 11.8 Å². The van der Waals surface area contributed by atoms with Crippen molar-refractivity contribution < 1.29 is 0 Å². The molecule has 0 unspecified atom stereocenters. The van der Waals surface area contributed by atoms with Crippen LogP contribution < -0.4 is 0 Å². The minimum Gasteiger partial charge on any atom is -0.335 e. The van der Waals surface area contributed by atoms with Gasteiger partial charge in [0.05, 0.1) is 10.9 Å². The van der Waals surface area contributed by atoms with Gasteiger partial charge in [0.15, 0.2) is 9.79 Å². The molecule has 0 aliphatic rings. The quantitative estimate of drug-likeness (QED) is 0.280. The van der Waals surface area contributed by atoms with Crippen LogP contribution in [-0.2, 0) is 17.9 Å². The Labute approximate surface area is 168 Å². The summed E-state index contributed by atoms with van der Waals surface area (Å²) in [6, 6.07) is 26.9. The van der Waals surface area contributed by atoms with Crippen molar-refractivity contribution in [2.24, 2.45) is 7.05 Å². The van der Waals surface area contributed by atoms with E-state index in [2.05, 4.69) is 105 Å². The third-order valence-corrected chi connectivity index (χ3v) is 8.22. The zero-order valence-electron chi connectivity index (χ0n) is 16.2. The molecule has 0 atom stereocenters. The second-order valence-corrected chi connectivity index (χ2v) is 9.61. The number of benzene rings is 3. The molecule has 0 amide bonds. The first-order chi connectivity index (χ1) is 13.1. The lowest BCUT2D eigenvalue weighted by Crippen LogP contribution is -2.06. The highest BCUT2D eigenvalue weighted by Gasteiger charge is 2.35. The summed E-state index contributed by atoms with van der Waals surface area (Å²) in [7, 11) is 2.05. The van der Waals surface area contributed by atoms with Gasteiger partial charge in [-0.15, -0.1) is 11.8 Å². The van der Waals surface area contributed by atoms with Crippen LogP contribution in [0.15, 0.2) is 92.5 Å². The van der Waals surface area contributed by atoms with Crippen LogP contribution in [-0.4, -0.2) is 10.8 Å². The summed E-state index contributed by atoms with van der Waals surface area (Å²) in [5.41, 5.74) is 3.90. The van der Waals surface area contributed by atoms with Crippen LogP contribution >= 0.6 is 11.8 Å². The molecule has 3 aromatic carbocycles. The topological polar surface area (TPSA) is 4.93 Å². The maximum atomic E-state index is 2.34. The highest BCUT2D eigenvalue weighted by atomic mass is 32.2. The monoisotopic (exact) mass is 390 g/mol. The Morgan fingerprint density at radius 3 is 1.78 bits per heavy atom. The number of thioether (sulfide) groups is 1. The van der Waals surface area contributed by atoms with Crippen LogP contribution in [0.4, 0.5) is 0 Å². The Hall–Kier alpha value is -2.10. The lowest BCUT2D eigenvalue weighted by molar-refractivity contribution is 0.835. The molecule has 136 valence electrons. The van der Waals surface area contributed by atoms with E-state index in [-0.39, 0.29) is 10.9 Å². The largest absolute Gasteiger partial charge is 0.335 e. The summed E-state index contributed by atoms with van der Waals surface area (Å²) in [6.07, 6.45) is 2.18. The molecule has 0 saturated carbocycles. The lowest BCUT2D eigenvalue weighted by atomic mass is 10.2. The molecular weight excluding hydrogens is 366 g/mol. The molecule has 0 aliphatic heterocycles. The Balaban J connectivity index is 2.03. The fourth-order valence-corrected chi connectivity index (χ4v) is 6.91. The van der Waals surface area contributed by atoms with E-state index in [4.69, 9.17) is 0 Å². The molecule has 0 aliphatic carbocycles. The zero-order valence-corrected chi connectivity index (χ0v) is 17.8. The molecule has 4 aromatic rings. The highest BCUT2D eigenvalue weighted by molar-refractivity contribution is 8.01. The second-order valence-electron chi connectivity index (χ2n) is 6.85. The van der Waals surface area contributed by atoms with Gasteiger partial charge in [-0.05, 0) is 56.5 Å². The van der Waals surface area contributed by atoms with Crippen molar-refractivity contribution in [2.45, 2.75) is 33.6 Å². The number of nitrogens with zero attached hydrogens (tertiary/aromatic N) is 1. The average Bonchev–Trinajstić information content (AvgIpc) is 2.97. The van der Waals surface area contributed by atoms with E-state index in [1.165, 1.54) is 41.7 Å². The molecule has 4 rings (SSSR count). The Bertz CT molecular complexity index is 1030. The predicted molar refractivity (Wildman–Crippen MR) is 119 cm³/mol. The fourth-order valence-electron chi connectivity index (χ4n) is 3.48. The van der Waals surface area contributed by atoms with Gasteiger partial charge in [-0.3, -0.25) is 0 Å². The van der Waals surface area contributed by atoms with Crippen molar-refractivity contribution in [1.29, 1.82) is 0 Å². The fraction of sp³-hybridized carbons (Fsp3) is 0.167. The van der Waals surface area contributed by atoms with E-state index in [0.29, 0.717) is 0 Å². The van der Waals surface area contributed by atoms with Crippen LogP contribution in [0.5, 0.6) is 0 Å². The average molecular weight is 391 g/mol. The molecule has 1 nitrogen and oxygen atoms in total. The molecule has 0 spiro atoms. The normalized spacial score (nSPS) is 11.4. The van der Waals surface area contributed by atoms with Gasteiger partial charge in [0.2, 0.25) is 4.90 Å². The van der Waals surface area contributed by atoms with Crippen molar-refractivity contribution in [3.05, 3.63) is 83.9 Å². The summed E-state index contributed by atoms with van der Waals surface area (Å²) in [4.78, 5) is 4.18. The molecule has 0 fully saturated rings. The molecule has 0 radical (unpaired) electrons. The Morgan fingerprint density at radius 2 is 1.26 bits per heavy atom. The number of fused-ring (bicyclic) bond motifs is 1. The minimum absolute atomic E-state index is 0.138. The van der Waals surface area contributed by atoms with E-state index in [1.54, 1.807) is 0 Å². The predicted octanol–water partition coefficient (Wildman–Crippen LogP) is 6.61. The maximum absolute atomic E-state index is 2.34. The third-order valence-electron chi connectivity index (χ3n) is 4.92. The van der Waals surface area contributed by atoms with E-state index >= 15 is 0 Å². The van der Waals surface area contributed by atoms with Gasteiger partial charge in [-0.25, -0.2) is 0 Å². The number of hydrogen-bond donors (Lipinski definition) is 0. The molecule has 1 heterocycles. The molecule has 1 aromatic heterocycles. The highest BCUT2D eigenvalue weighted by Crippen LogP contribution is 2.42. The van der Waals surface area contributed by atoms with Gasteiger partial charge in [-0.1, -0.05) is 47.5 Å². The van der Waals surface area contributed by atoms with Gasteiger partial charge >= 0.3 is 0 Å². The van der Waals surface area contributed by atoms with Gasteiger partial charge in [-0.2, -0.15) is 0 Å².